The van der Waals surface area contributed by atoms with Gasteiger partial charge in [-0.1, -0.05) is 0 Å². The Labute approximate surface area is 185 Å². The van der Waals surface area contributed by atoms with Gasteiger partial charge in [-0.05, 0) is 32.0 Å². The van der Waals surface area contributed by atoms with E-state index in [1.165, 1.54) is 6.33 Å². The monoisotopic (exact) mass is 505 g/mol. The van der Waals surface area contributed by atoms with Gasteiger partial charge in [-0.25, -0.2) is 23.8 Å². The first-order chi connectivity index (χ1) is 15.0. The molecule has 0 spiro atoms. The fourth-order valence-electron chi connectivity index (χ4n) is 2.65. The molecule has 0 aliphatic heterocycles. The molecule has 0 fully saturated rings. The van der Waals surface area contributed by atoms with Crippen LogP contribution in [0, 0.1) is 0 Å². The number of hydrogen-bond acceptors (Lipinski definition) is 9. The molecular formula is C15H21N7O9P2. The highest BCUT2D eigenvalue weighted by atomic mass is 31.2. The van der Waals surface area contributed by atoms with Crippen molar-refractivity contribution >= 4 is 49.6 Å². The van der Waals surface area contributed by atoms with Crippen LogP contribution in [0.3, 0.4) is 0 Å². The Morgan fingerprint density at radius 1 is 1.00 bits per heavy atom. The number of nitrogens with two attached hydrogens (primary N) is 2. The number of oxazole rings is 1. The number of phosphoric acid groups is 2. The molecule has 0 amide bonds. The predicted octanol–water partition coefficient (Wildman–Crippen LogP) is 0.523. The first-order valence-corrected chi connectivity index (χ1v) is 11.9. The smallest absolute Gasteiger partial charge is 0.424 e. The number of anilines is 2. The predicted molar refractivity (Wildman–Crippen MR) is 116 cm³/mol. The van der Waals surface area contributed by atoms with E-state index in [9.17, 15) is 0 Å². The van der Waals surface area contributed by atoms with E-state index in [0.717, 1.165) is 16.6 Å². The van der Waals surface area contributed by atoms with Crippen LogP contribution >= 0.6 is 15.6 Å². The molecule has 4 rings (SSSR count). The molecule has 1 aromatic carbocycles. The van der Waals surface area contributed by atoms with E-state index in [-0.39, 0.29) is 12.1 Å². The van der Waals surface area contributed by atoms with E-state index < -0.39 is 15.6 Å². The van der Waals surface area contributed by atoms with Crippen molar-refractivity contribution in [3.63, 3.8) is 0 Å². The third-order valence-electron chi connectivity index (χ3n) is 3.68. The van der Waals surface area contributed by atoms with Crippen molar-refractivity contribution in [3.05, 3.63) is 24.5 Å². The van der Waals surface area contributed by atoms with Gasteiger partial charge >= 0.3 is 15.6 Å². The van der Waals surface area contributed by atoms with Crippen molar-refractivity contribution < 1.29 is 42.9 Å². The second-order valence-electron chi connectivity index (χ2n) is 6.61. The molecule has 18 heteroatoms. The normalized spacial score (nSPS) is 11.8. The maximum Gasteiger partial charge on any atom is 0.466 e. The zero-order valence-corrected chi connectivity index (χ0v) is 18.9. The Morgan fingerprint density at radius 2 is 1.58 bits per heavy atom. The summed E-state index contributed by atoms with van der Waals surface area (Å²) < 4.78 is 24.9. The van der Waals surface area contributed by atoms with Crippen LogP contribution in [0.25, 0.3) is 33.4 Å². The maximum absolute atomic E-state index is 8.88. The molecule has 0 radical (unpaired) electrons. The fourth-order valence-corrected chi connectivity index (χ4v) is 2.65. The summed E-state index contributed by atoms with van der Waals surface area (Å²) in [5.74, 6) is 0.400. The molecule has 0 atom stereocenters. The summed E-state index contributed by atoms with van der Waals surface area (Å²) in [6.45, 7) is 4.08. The highest BCUT2D eigenvalue weighted by Gasteiger charge is 2.19. The minimum Gasteiger partial charge on any atom is -0.424 e. The number of aromatic nitrogens is 5. The largest absolute Gasteiger partial charge is 0.466 e. The van der Waals surface area contributed by atoms with Crippen LogP contribution in [0.1, 0.15) is 19.9 Å². The Bertz CT molecular complexity index is 1320. The summed E-state index contributed by atoms with van der Waals surface area (Å²) in [5.41, 5.74) is 15.2. The van der Waals surface area contributed by atoms with Gasteiger partial charge in [0.1, 0.15) is 23.4 Å². The van der Waals surface area contributed by atoms with Crippen LogP contribution in [0.4, 0.5) is 11.8 Å². The van der Waals surface area contributed by atoms with Gasteiger partial charge in [0.2, 0.25) is 0 Å². The standard InChI is InChI=1S/C15H15N7O.2H3O4P/c1-7(2)22-14-11(13(16)18-6-19-14)12(21-22)8-3-4-10-9(5-8)20-15(17)23-10;2*1-5(2,3)4/h3-7H,1-2H3,(H2,17,20)(H2,16,18,19);2*(H3,1,2,3,4). The molecule has 0 saturated heterocycles. The van der Waals surface area contributed by atoms with Crippen molar-refractivity contribution in [2.24, 2.45) is 0 Å². The van der Waals surface area contributed by atoms with Crippen molar-refractivity contribution in [3.8, 4) is 11.3 Å². The second-order valence-corrected chi connectivity index (χ2v) is 8.66. The SMILES string of the molecule is CC(C)n1nc(-c2ccc3oc(N)nc3c2)c2c(N)ncnc21.O=P(O)(O)O.O=P(O)(O)O. The number of nitrogens with zero attached hydrogens (tertiary/aromatic N) is 5. The van der Waals surface area contributed by atoms with Crippen LogP contribution in [0.5, 0.6) is 0 Å². The Balaban J connectivity index is 0.000000327. The Kier molecular flexibility index (Phi) is 7.90. The van der Waals surface area contributed by atoms with Crippen molar-refractivity contribution in [2.75, 3.05) is 11.5 Å². The van der Waals surface area contributed by atoms with Gasteiger partial charge in [0.15, 0.2) is 11.2 Å². The Hall–Kier alpha value is -2.94. The molecule has 0 unspecified atom stereocenters. The van der Waals surface area contributed by atoms with Crippen molar-refractivity contribution in [1.29, 1.82) is 0 Å². The van der Waals surface area contributed by atoms with Gasteiger partial charge < -0.3 is 45.2 Å². The van der Waals surface area contributed by atoms with Gasteiger partial charge in [-0.3, -0.25) is 0 Å². The molecular weight excluding hydrogens is 484 g/mol. The lowest BCUT2D eigenvalue weighted by Crippen LogP contribution is -2.04. The summed E-state index contributed by atoms with van der Waals surface area (Å²) in [5, 5.41) is 5.41. The first-order valence-electron chi connectivity index (χ1n) is 8.76. The lowest BCUT2D eigenvalue weighted by molar-refractivity contribution is 0.272. The Morgan fingerprint density at radius 3 is 2.12 bits per heavy atom. The second kappa shape index (κ2) is 9.91. The number of nitrogen functional groups attached to an aromatic ring is 2. The van der Waals surface area contributed by atoms with Gasteiger partial charge in [-0.15, -0.1) is 0 Å². The summed E-state index contributed by atoms with van der Waals surface area (Å²) >= 11 is 0. The molecule has 10 N–H and O–H groups in total. The summed E-state index contributed by atoms with van der Waals surface area (Å²) in [7, 11) is -9.28. The van der Waals surface area contributed by atoms with E-state index in [4.69, 9.17) is 54.4 Å². The van der Waals surface area contributed by atoms with Crippen LogP contribution in [0.2, 0.25) is 0 Å². The molecule has 0 aliphatic carbocycles. The van der Waals surface area contributed by atoms with Gasteiger partial charge in [-0.2, -0.15) is 10.1 Å². The summed E-state index contributed by atoms with van der Waals surface area (Å²) in [6, 6.07) is 5.86. The van der Waals surface area contributed by atoms with Gasteiger partial charge in [0, 0.05) is 11.6 Å². The van der Waals surface area contributed by atoms with E-state index >= 15 is 0 Å². The number of rotatable bonds is 2. The molecule has 33 heavy (non-hydrogen) atoms. The minimum absolute atomic E-state index is 0.137. The minimum atomic E-state index is -4.64. The first kappa shape index (κ1) is 26.3. The van der Waals surface area contributed by atoms with Crippen LogP contribution in [-0.2, 0) is 9.13 Å². The number of hydrogen-bond donors (Lipinski definition) is 8. The quantitative estimate of drug-likeness (QED) is 0.172. The third kappa shape index (κ3) is 7.85. The lowest BCUT2D eigenvalue weighted by atomic mass is 10.1. The summed E-state index contributed by atoms with van der Waals surface area (Å²) in [6.07, 6.45) is 1.45. The van der Waals surface area contributed by atoms with Crippen molar-refractivity contribution in [2.45, 2.75) is 19.9 Å². The van der Waals surface area contributed by atoms with Gasteiger partial charge in [0.05, 0.1) is 5.39 Å². The fraction of sp³-hybridized carbons (Fsp3) is 0.200. The molecule has 3 aromatic heterocycles. The average Bonchev–Trinajstić information content (AvgIpc) is 3.18. The number of benzene rings is 1. The lowest BCUT2D eigenvalue weighted by Gasteiger charge is -2.05. The van der Waals surface area contributed by atoms with E-state index in [1.807, 2.05) is 36.7 Å². The van der Waals surface area contributed by atoms with Gasteiger partial charge in [0.25, 0.3) is 6.01 Å². The molecule has 16 nitrogen and oxygen atoms in total. The average molecular weight is 505 g/mol. The van der Waals surface area contributed by atoms with E-state index in [0.29, 0.717) is 22.6 Å². The third-order valence-corrected chi connectivity index (χ3v) is 3.68. The zero-order valence-electron chi connectivity index (χ0n) is 17.1. The molecule has 3 heterocycles. The molecule has 0 bridgehead atoms. The van der Waals surface area contributed by atoms with Crippen LogP contribution < -0.4 is 11.5 Å². The molecule has 0 aliphatic rings. The number of fused-ring (bicyclic) bond motifs is 2. The zero-order chi connectivity index (χ0) is 25.1. The van der Waals surface area contributed by atoms with E-state index in [2.05, 4.69) is 20.1 Å². The van der Waals surface area contributed by atoms with Crippen LogP contribution in [0.15, 0.2) is 28.9 Å². The summed E-state index contributed by atoms with van der Waals surface area (Å²) in [4.78, 5) is 55.7. The highest BCUT2D eigenvalue weighted by molar-refractivity contribution is 7.45. The van der Waals surface area contributed by atoms with Crippen LogP contribution in [-0.4, -0.2) is 54.1 Å². The molecule has 180 valence electrons. The maximum atomic E-state index is 8.88. The highest BCUT2D eigenvalue weighted by Crippen LogP contribution is 2.33. The molecule has 4 aromatic rings. The molecule has 0 saturated carbocycles. The van der Waals surface area contributed by atoms with Crippen molar-refractivity contribution in [1.82, 2.24) is 24.7 Å². The van der Waals surface area contributed by atoms with E-state index in [1.54, 1.807) is 0 Å². The topological polar surface area (TPSA) is 277 Å².